The van der Waals surface area contributed by atoms with Gasteiger partial charge in [-0.2, -0.15) is 0 Å². The van der Waals surface area contributed by atoms with E-state index in [-0.39, 0.29) is 13.3 Å². The van der Waals surface area contributed by atoms with Crippen LogP contribution in [-0.2, 0) is 9.53 Å². The molecule has 3 aromatic rings. The predicted octanol–water partition coefficient (Wildman–Crippen LogP) is 2.69. The molecule has 4 heterocycles. The number of ether oxygens (including phenoxy) is 1. The normalized spacial score (nSPS) is 15.8. The Morgan fingerprint density at radius 2 is 2.26 bits per heavy atom. The van der Waals surface area contributed by atoms with E-state index in [1.165, 1.54) is 17.7 Å². The Morgan fingerprint density at radius 1 is 1.39 bits per heavy atom. The fourth-order valence-corrected chi connectivity index (χ4v) is 3.38. The number of aromatic nitrogens is 4. The maximum atomic E-state index is 12.3. The number of aromatic amines is 1. The van der Waals surface area contributed by atoms with E-state index in [9.17, 15) is 4.79 Å². The minimum Gasteiger partial charge on any atom is -0.381 e. The summed E-state index contributed by atoms with van der Waals surface area (Å²) in [5.74, 6) is 0.0233. The Labute approximate surface area is 137 Å². The molecule has 1 fully saturated rings. The number of rotatable bonds is 3. The highest BCUT2D eigenvalue weighted by Gasteiger charge is 2.22. The number of anilines is 1. The second-order valence-corrected chi connectivity index (χ2v) is 6.23. The van der Waals surface area contributed by atoms with Crippen LogP contribution in [-0.4, -0.2) is 39.1 Å². The van der Waals surface area contributed by atoms with Gasteiger partial charge < -0.3 is 15.0 Å². The number of fused-ring (bicyclic) bond motifs is 1. The largest absolute Gasteiger partial charge is 0.381 e. The smallest absolute Gasteiger partial charge is 0.229 e. The van der Waals surface area contributed by atoms with E-state index in [4.69, 9.17) is 4.74 Å². The summed E-state index contributed by atoms with van der Waals surface area (Å²) in [5, 5.41) is 6.32. The number of amides is 1. The van der Waals surface area contributed by atoms with E-state index >= 15 is 0 Å². The van der Waals surface area contributed by atoms with Crippen molar-refractivity contribution in [3.05, 3.63) is 24.0 Å². The van der Waals surface area contributed by atoms with E-state index in [2.05, 4.69) is 25.3 Å². The van der Waals surface area contributed by atoms with Gasteiger partial charge in [0.15, 0.2) is 5.13 Å². The molecule has 1 aliphatic heterocycles. The van der Waals surface area contributed by atoms with E-state index in [0.29, 0.717) is 18.3 Å². The van der Waals surface area contributed by atoms with Gasteiger partial charge in [-0.15, -0.1) is 11.3 Å². The van der Waals surface area contributed by atoms with Crippen molar-refractivity contribution in [1.29, 1.82) is 0 Å². The number of hydrogen-bond donors (Lipinski definition) is 2. The lowest BCUT2D eigenvalue weighted by molar-refractivity contribution is -0.122. The molecule has 8 heteroatoms. The first kappa shape index (κ1) is 14.3. The summed E-state index contributed by atoms with van der Waals surface area (Å²) in [4.78, 5) is 28.3. The van der Waals surface area contributed by atoms with Gasteiger partial charge in [0.2, 0.25) is 5.91 Å². The van der Waals surface area contributed by atoms with Crippen LogP contribution in [0.25, 0.3) is 22.4 Å². The maximum absolute atomic E-state index is 12.3. The number of nitrogens with one attached hydrogen (secondary N) is 2. The van der Waals surface area contributed by atoms with E-state index in [1.807, 2.05) is 17.6 Å². The molecular weight excluding hydrogens is 314 g/mol. The average Bonchev–Trinajstić information content (AvgIpc) is 3.24. The number of thiazole rings is 1. The summed E-state index contributed by atoms with van der Waals surface area (Å²) >= 11 is 1.40. The minimum atomic E-state index is 0. The fraction of sp³-hybridized carbons (Fsp3) is 0.333. The molecule has 1 aliphatic rings. The molecule has 0 saturated carbocycles. The summed E-state index contributed by atoms with van der Waals surface area (Å²) in [6.07, 6.45) is 4.86. The van der Waals surface area contributed by atoms with Crippen molar-refractivity contribution >= 4 is 33.4 Å². The molecule has 0 unspecified atom stereocenters. The zero-order chi connectivity index (χ0) is 15.6. The molecule has 0 atom stereocenters. The van der Waals surface area contributed by atoms with Crippen LogP contribution in [0.3, 0.4) is 0 Å². The van der Waals surface area contributed by atoms with Gasteiger partial charge in [-0.05, 0) is 18.9 Å². The third-order valence-electron chi connectivity index (χ3n) is 3.92. The molecule has 0 radical (unpaired) electrons. The highest BCUT2D eigenvalue weighted by atomic mass is 32.1. The molecule has 0 aliphatic carbocycles. The lowest BCUT2D eigenvalue weighted by Gasteiger charge is -2.20. The highest BCUT2D eigenvalue weighted by molar-refractivity contribution is 7.14. The molecule has 1 saturated heterocycles. The summed E-state index contributed by atoms with van der Waals surface area (Å²) in [7, 11) is 0. The molecule has 1 amide bonds. The van der Waals surface area contributed by atoms with Crippen LogP contribution in [0.1, 0.15) is 14.3 Å². The van der Waals surface area contributed by atoms with Gasteiger partial charge in [0, 0.05) is 37.5 Å². The van der Waals surface area contributed by atoms with E-state index < -0.39 is 0 Å². The first-order chi connectivity index (χ1) is 11.3. The van der Waals surface area contributed by atoms with Crippen molar-refractivity contribution < 1.29 is 11.0 Å². The van der Waals surface area contributed by atoms with Crippen molar-refractivity contribution in [1.82, 2.24) is 19.9 Å². The van der Waals surface area contributed by atoms with Crippen LogP contribution in [0.15, 0.2) is 24.0 Å². The number of carbonyl (C=O) groups excluding carboxylic acids is 1. The van der Waals surface area contributed by atoms with Gasteiger partial charge in [-0.25, -0.2) is 15.0 Å². The lowest BCUT2D eigenvalue weighted by atomic mass is 10.00. The SMILES string of the molecule is O=C(Nc1nc(-c2ncnc3[nH]ccc23)cs1)C1CCOCC1.[HH]. The molecular formula is C15H17N5O2S. The Balaban J connectivity index is 0.00000169. The molecule has 7 nitrogen and oxygen atoms in total. The van der Waals surface area contributed by atoms with Crippen molar-refractivity contribution in [2.75, 3.05) is 18.5 Å². The van der Waals surface area contributed by atoms with Gasteiger partial charge in [-0.1, -0.05) is 0 Å². The molecule has 0 spiro atoms. The summed E-state index contributed by atoms with van der Waals surface area (Å²) in [5.41, 5.74) is 2.28. The Bertz CT molecular complexity index is 843. The van der Waals surface area contributed by atoms with Gasteiger partial charge in [0.1, 0.15) is 23.4 Å². The maximum Gasteiger partial charge on any atom is 0.229 e. The van der Waals surface area contributed by atoms with Crippen molar-refractivity contribution in [2.45, 2.75) is 12.8 Å². The monoisotopic (exact) mass is 331 g/mol. The molecule has 3 aromatic heterocycles. The van der Waals surface area contributed by atoms with Crippen LogP contribution in [0, 0.1) is 5.92 Å². The topological polar surface area (TPSA) is 92.8 Å². The van der Waals surface area contributed by atoms with Gasteiger partial charge >= 0.3 is 0 Å². The first-order valence-electron chi connectivity index (χ1n) is 7.44. The first-order valence-corrected chi connectivity index (χ1v) is 8.32. The molecule has 120 valence electrons. The second kappa shape index (κ2) is 6.05. The van der Waals surface area contributed by atoms with Gasteiger partial charge in [0.25, 0.3) is 0 Å². The zero-order valence-corrected chi connectivity index (χ0v) is 13.1. The van der Waals surface area contributed by atoms with E-state index in [0.717, 1.165) is 35.3 Å². The van der Waals surface area contributed by atoms with Crippen molar-refractivity contribution in [3.63, 3.8) is 0 Å². The zero-order valence-electron chi connectivity index (χ0n) is 12.3. The third-order valence-corrected chi connectivity index (χ3v) is 4.68. The van der Waals surface area contributed by atoms with Crippen LogP contribution in [0.2, 0.25) is 0 Å². The molecule has 0 bridgehead atoms. The molecule has 2 N–H and O–H groups in total. The molecule has 0 aromatic carbocycles. The quantitative estimate of drug-likeness (QED) is 0.770. The Kier molecular flexibility index (Phi) is 3.76. The number of nitrogens with zero attached hydrogens (tertiary/aromatic N) is 3. The Morgan fingerprint density at radius 3 is 3.13 bits per heavy atom. The van der Waals surface area contributed by atoms with E-state index in [1.54, 1.807) is 0 Å². The second-order valence-electron chi connectivity index (χ2n) is 5.38. The third kappa shape index (κ3) is 2.82. The minimum absolute atomic E-state index is 0. The average molecular weight is 331 g/mol. The lowest BCUT2D eigenvalue weighted by Crippen LogP contribution is -2.28. The highest BCUT2D eigenvalue weighted by Crippen LogP contribution is 2.28. The van der Waals surface area contributed by atoms with Gasteiger partial charge in [-0.3, -0.25) is 4.79 Å². The Hall–Kier alpha value is -2.32. The predicted molar refractivity (Wildman–Crippen MR) is 89.3 cm³/mol. The number of hydrogen-bond acceptors (Lipinski definition) is 6. The number of H-pyrrole nitrogens is 1. The summed E-state index contributed by atoms with van der Waals surface area (Å²) in [6.45, 7) is 1.29. The molecule has 4 rings (SSSR count). The fourth-order valence-electron chi connectivity index (χ4n) is 2.68. The summed E-state index contributed by atoms with van der Waals surface area (Å²) < 4.78 is 5.29. The summed E-state index contributed by atoms with van der Waals surface area (Å²) in [6, 6.07) is 1.92. The van der Waals surface area contributed by atoms with Crippen molar-refractivity contribution in [2.24, 2.45) is 5.92 Å². The van der Waals surface area contributed by atoms with Crippen molar-refractivity contribution in [3.8, 4) is 11.4 Å². The van der Waals surface area contributed by atoms with Crippen LogP contribution >= 0.6 is 11.3 Å². The standard InChI is InChI=1S/C15H15N5O2S.H2/c21-14(9-2-5-22-6-3-9)20-15-19-11(7-23-15)12-10-1-4-16-13(10)18-8-17-12;/h1,4,7-9H,2-3,5-6H2,(H,16,17,18)(H,19,20,21);1H. The van der Waals surface area contributed by atoms with Crippen LogP contribution < -0.4 is 5.32 Å². The van der Waals surface area contributed by atoms with Gasteiger partial charge in [0.05, 0.1) is 0 Å². The molecule has 23 heavy (non-hydrogen) atoms. The van der Waals surface area contributed by atoms with Crippen LogP contribution in [0.4, 0.5) is 5.13 Å². The van der Waals surface area contributed by atoms with Crippen LogP contribution in [0.5, 0.6) is 0 Å². The number of carbonyl (C=O) groups is 1.